The van der Waals surface area contributed by atoms with Gasteiger partial charge in [0.1, 0.15) is 5.82 Å². The molecule has 2 aromatic heterocycles. The van der Waals surface area contributed by atoms with Crippen molar-refractivity contribution in [2.75, 3.05) is 32.0 Å². The predicted octanol–water partition coefficient (Wildman–Crippen LogP) is 5.64. The van der Waals surface area contributed by atoms with Crippen molar-refractivity contribution in [3.05, 3.63) is 101 Å². The lowest BCUT2D eigenvalue weighted by molar-refractivity contribution is -0.129. The number of carbonyl (C=O) groups is 2. The molecule has 2 heterocycles. The number of primary amides is 1. The second kappa shape index (κ2) is 13.4. The van der Waals surface area contributed by atoms with Gasteiger partial charge in [0.15, 0.2) is 0 Å². The van der Waals surface area contributed by atoms with E-state index in [0.29, 0.717) is 54.5 Å². The Labute approximate surface area is 249 Å². The number of aromatic nitrogens is 2. The second-order valence-electron chi connectivity index (χ2n) is 10.2. The Hall–Kier alpha value is -4.53. The lowest BCUT2D eigenvalue weighted by Gasteiger charge is -2.18. The van der Waals surface area contributed by atoms with Gasteiger partial charge in [-0.15, -0.1) is 0 Å². The number of anilines is 1. The minimum absolute atomic E-state index is 0.0827. The van der Waals surface area contributed by atoms with Crippen molar-refractivity contribution in [1.82, 2.24) is 20.2 Å². The first-order valence-corrected chi connectivity index (χ1v) is 14.3. The molecule has 0 unspecified atom stereocenters. The zero-order chi connectivity index (χ0) is 29.5. The summed E-state index contributed by atoms with van der Waals surface area (Å²) in [5.74, 6) is 0.292. The summed E-state index contributed by atoms with van der Waals surface area (Å²) < 4.78 is 0. The first-order chi connectivity index (χ1) is 20.4. The third-order valence-corrected chi connectivity index (χ3v) is 7.55. The Kier molecular flexibility index (Phi) is 9.26. The number of carbonyl (C=O) groups excluding carboxylic acids is 2. The largest absolute Gasteiger partial charge is 0.369 e. The van der Waals surface area contributed by atoms with Crippen LogP contribution in [0.25, 0.3) is 32.8 Å². The van der Waals surface area contributed by atoms with Crippen molar-refractivity contribution < 1.29 is 9.59 Å². The molecule has 4 N–H and O–H groups in total. The highest BCUT2D eigenvalue weighted by Crippen LogP contribution is 2.30. The van der Waals surface area contributed by atoms with Crippen LogP contribution in [-0.4, -0.2) is 53.4 Å². The van der Waals surface area contributed by atoms with E-state index in [2.05, 4.69) is 21.7 Å². The average molecular weight is 581 g/mol. The summed E-state index contributed by atoms with van der Waals surface area (Å²) in [6, 6.07) is 23.3. The van der Waals surface area contributed by atoms with Crippen LogP contribution in [0.5, 0.6) is 0 Å². The van der Waals surface area contributed by atoms with Crippen molar-refractivity contribution >= 4 is 50.9 Å². The maximum absolute atomic E-state index is 12.7. The quantitative estimate of drug-likeness (QED) is 0.130. The van der Waals surface area contributed by atoms with Crippen LogP contribution in [0.15, 0.2) is 85.2 Å². The highest BCUT2D eigenvalue weighted by atomic mass is 35.5. The third kappa shape index (κ3) is 6.84. The van der Waals surface area contributed by atoms with Crippen LogP contribution >= 0.6 is 11.6 Å². The van der Waals surface area contributed by atoms with Gasteiger partial charge in [-0.25, -0.2) is 4.98 Å². The molecule has 0 fully saturated rings. The third-order valence-electron chi connectivity index (χ3n) is 7.23. The van der Waals surface area contributed by atoms with Crippen LogP contribution < -0.4 is 16.4 Å². The van der Waals surface area contributed by atoms with Crippen LogP contribution in [0.3, 0.4) is 0 Å². The van der Waals surface area contributed by atoms with Crippen LogP contribution in [0.2, 0.25) is 5.02 Å². The van der Waals surface area contributed by atoms with Crippen molar-refractivity contribution in [3.8, 4) is 11.1 Å². The number of nitrogens with two attached hydrogens (primary N) is 1. The van der Waals surface area contributed by atoms with Gasteiger partial charge in [-0.3, -0.25) is 14.6 Å². The first-order valence-electron chi connectivity index (χ1n) is 13.9. The normalized spacial score (nSPS) is 11.1. The van der Waals surface area contributed by atoms with E-state index in [0.717, 1.165) is 39.3 Å². The van der Waals surface area contributed by atoms with Gasteiger partial charge in [0.05, 0.1) is 5.52 Å². The second-order valence-corrected chi connectivity index (χ2v) is 10.6. The number of hydrogen-bond acceptors (Lipinski definition) is 6. The molecule has 0 atom stereocenters. The molecular weight excluding hydrogens is 548 g/mol. The Morgan fingerprint density at radius 3 is 2.57 bits per heavy atom. The Morgan fingerprint density at radius 1 is 0.952 bits per heavy atom. The fraction of sp³-hybridized carbons (Fsp3) is 0.212. The van der Waals surface area contributed by atoms with E-state index in [1.807, 2.05) is 61.6 Å². The maximum Gasteiger partial charge on any atom is 0.248 e. The minimum Gasteiger partial charge on any atom is -0.369 e. The summed E-state index contributed by atoms with van der Waals surface area (Å²) in [6.07, 6.45) is 4.68. The van der Waals surface area contributed by atoms with Crippen LogP contribution in [0.1, 0.15) is 28.8 Å². The van der Waals surface area contributed by atoms with Gasteiger partial charge in [0.25, 0.3) is 0 Å². The number of amides is 2. The molecule has 42 heavy (non-hydrogen) atoms. The van der Waals surface area contributed by atoms with Gasteiger partial charge in [-0.05, 0) is 41.8 Å². The molecule has 0 saturated carbocycles. The highest BCUT2D eigenvalue weighted by Gasteiger charge is 2.12. The van der Waals surface area contributed by atoms with E-state index in [1.54, 1.807) is 29.4 Å². The summed E-state index contributed by atoms with van der Waals surface area (Å²) >= 11 is 6.52. The van der Waals surface area contributed by atoms with Gasteiger partial charge in [-0.1, -0.05) is 60.1 Å². The van der Waals surface area contributed by atoms with Gasteiger partial charge in [-0.2, -0.15) is 0 Å². The number of hydrogen-bond donors (Lipinski definition) is 3. The van der Waals surface area contributed by atoms with Gasteiger partial charge in [0.2, 0.25) is 11.8 Å². The van der Waals surface area contributed by atoms with Crippen LogP contribution in [0, 0.1) is 0 Å². The molecule has 0 spiro atoms. The lowest BCUT2D eigenvalue weighted by Crippen LogP contribution is -2.31. The Morgan fingerprint density at radius 2 is 1.79 bits per heavy atom. The molecule has 3 aromatic carbocycles. The average Bonchev–Trinajstić information content (AvgIpc) is 3.01. The number of rotatable bonds is 12. The van der Waals surface area contributed by atoms with Crippen LogP contribution in [-0.2, 0) is 11.3 Å². The molecule has 214 valence electrons. The molecule has 8 nitrogen and oxygen atoms in total. The number of nitrogens with one attached hydrogen (secondary N) is 2. The fourth-order valence-corrected chi connectivity index (χ4v) is 5.24. The standard InChI is InChI=1S/C33H33ClN6O2/c1-40(31(41)13-16-36-20-22-8-10-25(29(34)18-22)23-6-3-2-4-7-23)17-5-14-38-33-27-12-15-37-21-28(27)26-11-9-24(32(35)42)19-30(26)39-33/h2-4,6-12,15,18-19,21,36H,5,13-14,16-17,20H2,1H3,(H2,35,42)(H,38,39). The molecule has 5 aromatic rings. The zero-order valence-corrected chi connectivity index (χ0v) is 24.2. The van der Waals surface area contributed by atoms with E-state index in [-0.39, 0.29) is 5.91 Å². The molecule has 0 bridgehead atoms. The van der Waals surface area contributed by atoms with E-state index in [1.165, 1.54) is 0 Å². The van der Waals surface area contributed by atoms with E-state index < -0.39 is 5.91 Å². The van der Waals surface area contributed by atoms with Crippen molar-refractivity contribution in [2.45, 2.75) is 19.4 Å². The zero-order valence-electron chi connectivity index (χ0n) is 23.4. The highest BCUT2D eigenvalue weighted by molar-refractivity contribution is 6.33. The number of pyridine rings is 2. The molecule has 2 amide bonds. The van der Waals surface area contributed by atoms with E-state index in [9.17, 15) is 9.59 Å². The van der Waals surface area contributed by atoms with Crippen LogP contribution in [0.4, 0.5) is 5.82 Å². The minimum atomic E-state index is -0.496. The summed E-state index contributed by atoms with van der Waals surface area (Å²) in [6.45, 7) is 2.45. The smallest absolute Gasteiger partial charge is 0.248 e. The van der Waals surface area contributed by atoms with Crippen molar-refractivity contribution in [3.63, 3.8) is 0 Å². The Bertz CT molecular complexity index is 1730. The molecule has 0 aliphatic heterocycles. The van der Waals surface area contributed by atoms with Crippen molar-refractivity contribution in [1.29, 1.82) is 0 Å². The molecule has 0 saturated heterocycles. The maximum atomic E-state index is 12.7. The monoisotopic (exact) mass is 580 g/mol. The molecule has 0 aliphatic rings. The predicted molar refractivity (Wildman–Crippen MR) is 170 cm³/mol. The van der Waals surface area contributed by atoms with Gasteiger partial charge in [0, 0.05) is 84.3 Å². The Balaban J connectivity index is 1.08. The molecule has 0 radical (unpaired) electrons. The van der Waals surface area contributed by atoms with E-state index >= 15 is 0 Å². The number of benzene rings is 3. The first kappa shape index (κ1) is 29.0. The number of halogens is 1. The summed E-state index contributed by atoms with van der Waals surface area (Å²) in [4.78, 5) is 35.1. The lowest BCUT2D eigenvalue weighted by atomic mass is 10.0. The molecule has 5 rings (SSSR count). The summed E-state index contributed by atoms with van der Waals surface area (Å²) in [7, 11) is 1.82. The summed E-state index contributed by atoms with van der Waals surface area (Å²) in [5, 5.41) is 10.2. The fourth-order valence-electron chi connectivity index (χ4n) is 4.92. The SMILES string of the molecule is CN(CCCNc1nc2cc(C(N)=O)ccc2c2cnccc12)C(=O)CCNCc1ccc(-c2ccccc2)c(Cl)c1. The van der Waals surface area contributed by atoms with E-state index in [4.69, 9.17) is 22.3 Å². The van der Waals surface area contributed by atoms with Gasteiger partial charge >= 0.3 is 0 Å². The topological polar surface area (TPSA) is 113 Å². The summed E-state index contributed by atoms with van der Waals surface area (Å²) in [5.41, 5.74) is 9.71. The van der Waals surface area contributed by atoms with Gasteiger partial charge < -0.3 is 21.3 Å². The number of fused-ring (bicyclic) bond motifs is 3. The molecule has 9 heteroatoms. The molecule has 0 aliphatic carbocycles. The van der Waals surface area contributed by atoms with Crippen molar-refractivity contribution in [2.24, 2.45) is 5.73 Å². The number of nitrogens with zero attached hydrogens (tertiary/aromatic N) is 3. The molecular formula is C33H33ClN6O2.